The smallest absolute Gasteiger partial charge is 0.126 e. The van der Waals surface area contributed by atoms with Crippen LogP contribution in [0, 0.1) is 18.8 Å². The van der Waals surface area contributed by atoms with Gasteiger partial charge in [-0.1, -0.05) is 68.0 Å². The van der Waals surface area contributed by atoms with Gasteiger partial charge < -0.3 is 4.74 Å². The van der Waals surface area contributed by atoms with Crippen LogP contribution in [0.4, 0.5) is 0 Å². The summed E-state index contributed by atoms with van der Waals surface area (Å²) in [5.74, 6) is 2.09. The van der Waals surface area contributed by atoms with Gasteiger partial charge in [-0.05, 0) is 55.2 Å². The normalized spacial score (nSPS) is 20.0. The predicted octanol–water partition coefficient (Wildman–Crippen LogP) is 5.85. The van der Waals surface area contributed by atoms with Crippen molar-refractivity contribution in [1.82, 2.24) is 0 Å². The highest BCUT2D eigenvalue weighted by molar-refractivity contribution is 5.57. The van der Waals surface area contributed by atoms with E-state index in [1.165, 1.54) is 22.3 Å². The Morgan fingerprint density at radius 2 is 1.88 bits per heavy atom. The number of hydrogen-bond acceptors (Lipinski definition) is 1. The highest BCUT2D eigenvalue weighted by Gasteiger charge is 2.22. The second-order valence-corrected chi connectivity index (χ2v) is 6.87. The summed E-state index contributed by atoms with van der Waals surface area (Å²) in [6.45, 7) is 7.52. The van der Waals surface area contributed by atoms with Gasteiger partial charge in [-0.15, -0.1) is 0 Å². The Morgan fingerprint density at radius 1 is 1.04 bits per heavy atom. The van der Waals surface area contributed by atoms with Gasteiger partial charge in [-0.3, -0.25) is 0 Å². The largest absolute Gasteiger partial charge is 0.493 e. The minimum Gasteiger partial charge on any atom is -0.493 e. The van der Waals surface area contributed by atoms with Crippen LogP contribution in [0.1, 0.15) is 42.5 Å². The molecule has 0 radical (unpaired) electrons. The standard InChI is InChI=1S/C23H28O/c1-4-18-11-10-17(3)14-22(18)15-21-13-12-20-8-6-7-9-23(20)24-16-19(21)5-2/h6-14,19,21H,4-5,15-16H2,1-3H3. The zero-order chi connectivity index (χ0) is 16.9. The van der Waals surface area contributed by atoms with Crippen LogP contribution in [0.15, 0.2) is 48.5 Å². The lowest BCUT2D eigenvalue weighted by Crippen LogP contribution is -2.23. The van der Waals surface area contributed by atoms with Gasteiger partial charge in [0.15, 0.2) is 0 Å². The number of ether oxygens (including phenoxy) is 1. The summed E-state index contributed by atoms with van der Waals surface area (Å²) in [6.07, 6.45) is 8.01. The molecule has 1 heterocycles. The number of rotatable bonds is 4. The molecular weight excluding hydrogens is 292 g/mol. The molecule has 1 heteroatoms. The van der Waals surface area contributed by atoms with E-state index in [1.807, 2.05) is 6.07 Å². The van der Waals surface area contributed by atoms with Crippen LogP contribution in [0.3, 0.4) is 0 Å². The number of benzene rings is 2. The SMILES string of the molecule is CCc1ccc(C)cc1CC1C=Cc2ccccc2OCC1CC. The van der Waals surface area contributed by atoms with Crippen LogP contribution in [-0.2, 0) is 12.8 Å². The van der Waals surface area contributed by atoms with Crippen molar-refractivity contribution in [2.45, 2.75) is 40.0 Å². The number of para-hydroxylation sites is 1. The van der Waals surface area contributed by atoms with Crippen molar-refractivity contribution >= 4 is 6.08 Å². The molecule has 0 saturated carbocycles. The molecule has 0 aromatic heterocycles. The van der Waals surface area contributed by atoms with Crippen LogP contribution >= 0.6 is 0 Å². The fraction of sp³-hybridized carbons (Fsp3) is 0.391. The molecule has 0 amide bonds. The summed E-state index contributed by atoms with van der Waals surface area (Å²) in [7, 11) is 0. The zero-order valence-corrected chi connectivity index (χ0v) is 15.1. The minimum atomic E-state index is 0.524. The van der Waals surface area contributed by atoms with E-state index in [4.69, 9.17) is 4.74 Å². The van der Waals surface area contributed by atoms with E-state index in [1.54, 1.807) is 0 Å². The summed E-state index contributed by atoms with van der Waals surface area (Å²) in [5, 5.41) is 0. The molecule has 3 rings (SSSR count). The molecule has 2 atom stereocenters. The molecular formula is C23H28O. The maximum atomic E-state index is 6.13. The monoisotopic (exact) mass is 320 g/mol. The molecule has 126 valence electrons. The summed E-state index contributed by atoms with van der Waals surface area (Å²) >= 11 is 0. The van der Waals surface area contributed by atoms with E-state index in [0.29, 0.717) is 11.8 Å². The lowest BCUT2D eigenvalue weighted by atomic mass is 9.82. The molecule has 1 nitrogen and oxygen atoms in total. The summed E-state index contributed by atoms with van der Waals surface area (Å²) in [4.78, 5) is 0. The van der Waals surface area contributed by atoms with Crippen molar-refractivity contribution in [3.05, 3.63) is 70.8 Å². The Hall–Kier alpha value is -2.02. The molecule has 2 unspecified atom stereocenters. The van der Waals surface area contributed by atoms with Crippen molar-refractivity contribution < 1.29 is 4.74 Å². The third-order valence-electron chi connectivity index (χ3n) is 5.22. The molecule has 1 aliphatic heterocycles. The first-order valence-electron chi connectivity index (χ1n) is 9.19. The maximum Gasteiger partial charge on any atom is 0.126 e. The van der Waals surface area contributed by atoms with E-state index in [0.717, 1.165) is 31.6 Å². The van der Waals surface area contributed by atoms with Gasteiger partial charge in [0.1, 0.15) is 5.75 Å². The number of aryl methyl sites for hydroxylation is 2. The first-order valence-corrected chi connectivity index (χ1v) is 9.19. The van der Waals surface area contributed by atoms with Crippen molar-refractivity contribution in [3.8, 4) is 5.75 Å². The first-order chi connectivity index (χ1) is 11.7. The molecule has 0 saturated heterocycles. The average Bonchev–Trinajstić information content (AvgIpc) is 2.59. The van der Waals surface area contributed by atoms with E-state index in [-0.39, 0.29) is 0 Å². The Morgan fingerprint density at radius 3 is 2.67 bits per heavy atom. The highest BCUT2D eigenvalue weighted by Crippen LogP contribution is 2.30. The fourth-order valence-corrected chi connectivity index (χ4v) is 3.65. The van der Waals surface area contributed by atoms with E-state index >= 15 is 0 Å². The summed E-state index contributed by atoms with van der Waals surface area (Å²) < 4.78 is 6.13. The maximum absolute atomic E-state index is 6.13. The van der Waals surface area contributed by atoms with Gasteiger partial charge in [-0.25, -0.2) is 0 Å². The first kappa shape index (κ1) is 16.8. The molecule has 0 fully saturated rings. The van der Waals surface area contributed by atoms with Crippen LogP contribution in [0.2, 0.25) is 0 Å². The van der Waals surface area contributed by atoms with Crippen molar-refractivity contribution in [1.29, 1.82) is 0 Å². The number of fused-ring (bicyclic) bond motifs is 1. The number of hydrogen-bond donors (Lipinski definition) is 0. The van der Waals surface area contributed by atoms with Gasteiger partial charge >= 0.3 is 0 Å². The fourth-order valence-electron chi connectivity index (χ4n) is 3.65. The summed E-state index contributed by atoms with van der Waals surface area (Å²) in [5.41, 5.74) is 5.52. The second-order valence-electron chi connectivity index (χ2n) is 6.87. The van der Waals surface area contributed by atoms with Crippen molar-refractivity contribution in [3.63, 3.8) is 0 Å². The Balaban J connectivity index is 1.90. The molecule has 0 aliphatic carbocycles. The molecule has 2 aromatic rings. The molecule has 24 heavy (non-hydrogen) atoms. The van der Waals surface area contributed by atoms with Gasteiger partial charge in [-0.2, -0.15) is 0 Å². The Kier molecular flexibility index (Phi) is 5.40. The van der Waals surface area contributed by atoms with Crippen LogP contribution in [-0.4, -0.2) is 6.61 Å². The molecule has 0 spiro atoms. The highest BCUT2D eigenvalue weighted by atomic mass is 16.5. The lowest BCUT2D eigenvalue weighted by Gasteiger charge is -2.27. The Labute approximate surface area is 146 Å². The van der Waals surface area contributed by atoms with Crippen molar-refractivity contribution in [2.75, 3.05) is 6.61 Å². The Bertz CT molecular complexity index is 714. The molecule has 1 aliphatic rings. The zero-order valence-electron chi connectivity index (χ0n) is 15.1. The lowest BCUT2D eigenvalue weighted by molar-refractivity contribution is 0.206. The quantitative estimate of drug-likeness (QED) is 0.687. The van der Waals surface area contributed by atoms with E-state index in [9.17, 15) is 0 Å². The predicted molar refractivity (Wildman–Crippen MR) is 103 cm³/mol. The number of allylic oxidation sites excluding steroid dienone is 1. The van der Waals surface area contributed by atoms with Gasteiger partial charge in [0, 0.05) is 5.56 Å². The van der Waals surface area contributed by atoms with Crippen molar-refractivity contribution in [2.24, 2.45) is 11.8 Å². The second kappa shape index (κ2) is 7.70. The van der Waals surface area contributed by atoms with Gasteiger partial charge in [0.2, 0.25) is 0 Å². The molecule has 0 N–H and O–H groups in total. The van der Waals surface area contributed by atoms with Gasteiger partial charge in [0.05, 0.1) is 6.61 Å². The van der Waals surface area contributed by atoms with Crippen LogP contribution in [0.25, 0.3) is 6.08 Å². The topological polar surface area (TPSA) is 9.23 Å². The minimum absolute atomic E-state index is 0.524. The average molecular weight is 320 g/mol. The van der Waals surface area contributed by atoms with Crippen LogP contribution in [0.5, 0.6) is 5.75 Å². The molecule has 2 aromatic carbocycles. The van der Waals surface area contributed by atoms with E-state index in [2.05, 4.69) is 69.3 Å². The molecule has 0 bridgehead atoms. The van der Waals surface area contributed by atoms with Crippen LogP contribution < -0.4 is 4.74 Å². The summed E-state index contributed by atoms with van der Waals surface area (Å²) in [6, 6.07) is 15.2. The van der Waals surface area contributed by atoms with Gasteiger partial charge in [0.25, 0.3) is 0 Å². The van der Waals surface area contributed by atoms with E-state index < -0.39 is 0 Å². The third kappa shape index (κ3) is 3.72. The third-order valence-corrected chi connectivity index (χ3v) is 5.22.